The summed E-state index contributed by atoms with van der Waals surface area (Å²) in [6.45, 7) is 7.43. The van der Waals surface area contributed by atoms with E-state index in [4.69, 9.17) is 0 Å². The number of nitrogens with one attached hydrogen (secondary N) is 1. The second-order valence-corrected chi connectivity index (χ2v) is 7.87. The maximum Gasteiger partial charge on any atom is 0.220 e. The molecule has 0 unspecified atom stereocenters. The molecule has 0 aliphatic rings. The first-order valence-corrected chi connectivity index (χ1v) is 11.2. The van der Waals surface area contributed by atoms with Crippen LogP contribution in [0, 0.1) is 5.92 Å². The lowest BCUT2D eigenvalue weighted by Gasteiger charge is -2.06. The predicted molar refractivity (Wildman–Crippen MR) is 116 cm³/mol. The standard InChI is InChI=1S/C24H45NO/c1-4-5-6-7-8-9-10-11-12-13-14-15-16-17-18-19-22-25-24(26)21-20-23(2)3/h8-9,11-12,23H,4-7,10,13-22H2,1-3H3,(H,25,26)/b9-8-,12-11-. The van der Waals surface area contributed by atoms with E-state index in [-0.39, 0.29) is 5.91 Å². The average Bonchev–Trinajstić information content (AvgIpc) is 2.62. The molecule has 0 atom stereocenters. The van der Waals surface area contributed by atoms with Crippen molar-refractivity contribution >= 4 is 5.91 Å². The van der Waals surface area contributed by atoms with Crippen molar-refractivity contribution in [2.24, 2.45) is 5.92 Å². The molecule has 0 aromatic rings. The summed E-state index contributed by atoms with van der Waals surface area (Å²) in [4.78, 5) is 11.6. The molecule has 0 aromatic heterocycles. The van der Waals surface area contributed by atoms with Crippen LogP contribution in [0.25, 0.3) is 0 Å². The van der Waals surface area contributed by atoms with E-state index in [0.717, 1.165) is 25.8 Å². The molecular weight excluding hydrogens is 318 g/mol. The van der Waals surface area contributed by atoms with Crippen LogP contribution < -0.4 is 5.32 Å². The first-order valence-electron chi connectivity index (χ1n) is 11.2. The molecule has 0 rings (SSSR count). The molecule has 0 aromatic carbocycles. The fraction of sp³-hybridized carbons (Fsp3) is 0.792. The van der Waals surface area contributed by atoms with Gasteiger partial charge in [-0.15, -0.1) is 0 Å². The monoisotopic (exact) mass is 363 g/mol. The van der Waals surface area contributed by atoms with Gasteiger partial charge in [0.05, 0.1) is 0 Å². The Bertz CT molecular complexity index is 357. The molecular formula is C24H45NO. The van der Waals surface area contributed by atoms with E-state index >= 15 is 0 Å². The summed E-state index contributed by atoms with van der Waals surface area (Å²) < 4.78 is 0. The van der Waals surface area contributed by atoms with Crippen LogP contribution in [-0.4, -0.2) is 12.5 Å². The van der Waals surface area contributed by atoms with Crippen LogP contribution in [0.4, 0.5) is 0 Å². The molecule has 2 nitrogen and oxygen atoms in total. The first-order chi connectivity index (χ1) is 12.7. The zero-order chi connectivity index (χ0) is 19.3. The molecule has 0 saturated heterocycles. The maximum atomic E-state index is 11.6. The summed E-state index contributed by atoms with van der Waals surface area (Å²) in [5, 5.41) is 3.03. The maximum absolute atomic E-state index is 11.6. The van der Waals surface area contributed by atoms with Crippen molar-refractivity contribution in [1.82, 2.24) is 5.32 Å². The zero-order valence-corrected chi connectivity index (χ0v) is 17.9. The first kappa shape index (κ1) is 24.9. The van der Waals surface area contributed by atoms with Gasteiger partial charge in [-0.25, -0.2) is 0 Å². The summed E-state index contributed by atoms with van der Waals surface area (Å²) in [6, 6.07) is 0. The molecule has 0 bridgehead atoms. The highest BCUT2D eigenvalue weighted by Crippen LogP contribution is 2.08. The van der Waals surface area contributed by atoms with E-state index in [9.17, 15) is 4.79 Å². The van der Waals surface area contributed by atoms with E-state index in [1.54, 1.807) is 0 Å². The summed E-state index contributed by atoms with van der Waals surface area (Å²) in [6.07, 6.45) is 26.1. The van der Waals surface area contributed by atoms with Crippen LogP contribution in [0.1, 0.15) is 111 Å². The van der Waals surface area contributed by atoms with Crippen LogP contribution in [0.2, 0.25) is 0 Å². The van der Waals surface area contributed by atoms with Crippen LogP contribution in [0.5, 0.6) is 0 Å². The zero-order valence-electron chi connectivity index (χ0n) is 17.9. The van der Waals surface area contributed by atoms with E-state index in [1.807, 2.05) is 0 Å². The van der Waals surface area contributed by atoms with Gasteiger partial charge in [0.2, 0.25) is 5.91 Å². The molecule has 1 N–H and O–H groups in total. The molecule has 0 spiro atoms. The van der Waals surface area contributed by atoms with Crippen molar-refractivity contribution in [2.75, 3.05) is 6.54 Å². The minimum absolute atomic E-state index is 0.223. The van der Waals surface area contributed by atoms with Crippen LogP contribution >= 0.6 is 0 Å². The van der Waals surface area contributed by atoms with Crippen molar-refractivity contribution in [3.05, 3.63) is 24.3 Å². The number of carbonyl (C=O) groups is 1. The molecule has 152 valence electrons. The summed E-state index contributed by atoms with van der Waals surface area (Å²) in [5.74, 6) is 0.837. The normalized spacial score (nSPS) is 11.8. The smallest absolute Gasteiger partial charge is 0.220 e. The molecule has 0 fully saturated rings. The third-order valence-electron chi connectivity index (χ3n) is 4.65. The molecule has 0 radical (unpaired) electrons. The summed E-state index contributed by atoms with van der Waals surface area (Å²) in [5.41, 5.74) is 0. The molecule has 1 amide bonds. The number of hydrogen-bond acceptors (Lipinski definition) is 1. The van der Waals surface area contributed by atoms with Gasteiger partial charge in [-0.2, -0.15) is 0 Å². The molecule has 2 heteroatoms. The van der Waals surface area contributed by atoms with Gasteiger partial charge in [-0.05, 0) is 50.9 Å². The largest absolute Gasteiger partial charge is 0.356 e. The number of hydrogen-bond donors (Lipinski definition) is 1. The Morgan fingerprint density at radius 3 is 2.00 bits per heavy atom. The number of rotatable bonds is 18. The van der Waals surface area contributed by atoms with E-state index < -0.39 is 0 Å². The Hall–Kier alpha value is -1.05. The summed E-state index contributed by atoms with van der Waals surface area (Å²) in [7, 11) is 0. The Balaban J connectivity index is 3.24. The van der Waals surface area contributed by atoms with Gasteiger partial charge in [0.1, 0.15) is 0 Å². The number of carbonyl (C=O) groups excluding carboxylic acids is 1. The van der Waals surface area contributed by atoms with E-state index in [1.165, 1.54) is 64.2 Å². The third kappa shape index (κ3) is 21.0. The number of allylic oxidation sites excluding steroid dienone is 4. The quantitative estimate of drug-likeness (QED) is 0.200. The second kappa shape index (κ2) is 20.3. The van der Waals surface area contributed by atoms with Crippen LogP contribution in [0.15, 0.2) is 24.3 Å². The van der Waals surface area contributed by atoms with Crippen molar-refractivity contribution in [3.63, 3.8) is 0 Å². The van der Waals surface area contributed by atoms with Crippen molar-refractivity contribution in [3.8, 4) is 0 Å². The van der Waals surface area contributed by atoms with Gasteiger partial charge < -0.3 is 5.32 Å². The fourth-order valence-electron chi connectivity index (χ4n) is 2.85. The Labute approximate surface area is 163 Å². The lowest BCUT2D eigenvalue weighted by Crippen LogP contribution is -2.24. The Kier molecular flexibility index (Phi) is 19.4. The van der Waals surface area contributed by atoms with Crippen LogP contribution in [-0.2, 0) is 4.79 Å². The van der Waals surface area contributed by atoms with Crippen molar-refractivity contribution in [2.45, 2.75) is 111 Å². The van der Waals surface area contributed by atoms with Gasteiger partial charge in [-0.1, -0.05) is 83.6 Å². The van der Waals surface area contributed by atoms with Gasteiger partial charge in [0.15, 0.2) is 0 Å². The van der Waals surface area contributed by atoms with Crippen molar-refractivity contribution < 1.29 is 4.79 Å². The molecule has 26 heavy (non-hydrogen) atoms. The minimum Gasteiger partial charge on any atom is -0.356 e. The predicted octanol–water partition coefficient (Wildman–Crippen LogP) is 7.35. The topological polar surface area (TPSA) is 29.1 Å². The van der Waals surface area contributed by atoms with Crippen molar-refractivity contribution in [1.29, 1.82) is 0 Å². The summed E-state index contributed by atoms with van der Waals surface area (Å²) >= 11 is 0. The van der Waals surface area contributed by atoms with Crippen LogP contribution in [0.3, 0.4) is 0 Å². The Morgan fingerprint density at radius 2 is 1.38 bits per heavy atom. The highest BCUT2D eigenvalue weighted by atomic mass is 16.1. The minimum atomic E-state index is 0.223. The van der Waals surface area contributed by atoms with Gasteiger partial charge >= 0.3 is 0 Å². The van der Waals surface area contributed by atoms with Gasteiger partial charge in [-0.3, -0.25) is 4.79 Å². The third-order valence-corrected chi connectivity index (χ3v) is 4.65. The van der Waals surface area contributed by atoms with E-state index in [2.05, 4.69) is 50.4 Å². The SMILES string of the molecule is CCCCC/C=C\C/C=C\CCCCCCCCNC(=O)CCC(C)C. The lowest BCUT2D eigenvalue weighted by molar-refractivity contribution is -0.121. The Morgan fingerprint density at radius 1 is 0.808 bits per heavy atom. The highest BCUT2D eigenvalue weighted by Gasteiger charge is 2.02. The molecule has 0 aliphatic carbocycles. The number of amides is 1. The van der Waals surface area contributed by atoms with E-state index in [0.29, 0.717) is 12.3 Å². The average molecular weight is 364 g/mol. The van der Waals surface area contributed by atoms with Gasteiger partial charge in [0, 0.05) is 13.0 Å². The molecule has 0 aliphatic heterocycles. The second-order valence-electron chi connectivity index (χ2n) is 7.87. The number of unbranched alkanes of at least 4 members (excludes halogenated alkanes) is 9. The molecule has 0 heterocycles. The molecule has 0 saturated carbocycles. The van der Waals surface area contributed by atoms with Gasteiger partial charge in [0.25, 0.3) is 0 Å². The fourth-order valence-corrected chi connectivity index (χ4v) is 2.85. The lowest BCUT2D eigenvalue weighted by atomic mass is 10.1. The highest BCUT2D eigenvalue weighted by molar-refractivity contribution is 5.75.